The number of rotatable bonds is 4. The second-order valence-electron chi connectivity index (χ2n) is 13.8. The summed E-state index contributed by atoms with van der Waals surface area (Å²) in [5.74, 6) is 1.65. The Morgan fingerprint density at radius 3 is 1.05 bits per heavy atom. The molecule has 260 valence electrons. The van der Waals surface area contributed by atoms with Crippen molar-refractivity contribution in [2.24, 2.45) is 0 Å². The van der Waals surface area contributed by atoms with E-state index in [-0.39, 0.29) is 0 Å². The highest BCUT2D eigenvalue weighted by Crippen LogP contribution is 2.37. The molecule has 0 radical (unpaired) electrons. The van der Waals surface area contributed by atoms with Crippen LogP contribution in [0.5, 0.6) is 0 Å². The van der Waals surface area contributed by atoms with Crippen LogP contribution in [0.4, 0.5) is 0 Å². The number of hydrogen-bond acceptors (Lipinski definition) is 5. The molecule has 0 bridgehead atoms. The van der Waals surface area contributed by atoms with Gasteiger partial charge in [-0.05, 0) is 107 Å². The molecule has 2 aromatic heterocycles. The van der Waals surface area contributed by atoms with Gasteiger partial charge in [0.1, 0.15) is 0 Å². The molecule has 8 aromatic carbocycles. The van der Waals surface area contributed by atoms with Crippen LogP contribution in [0.25, 0.3) is 99.2 Å². The smallest absolute Gasteiger partial charge is 0.164 e. The van der Waals surface area contributed by atoms with Crippen molar-refractivity contribution in [3.05, 3.63) is 194 Å². The van der Waals surface area contributed by atoms with E-state index in [9.17, 15) is 5.26 Å². The maximum absolute atomic E-state index is 9.50. The predicted octanol–water partition coefficient (Wildman–Crippen LogP) is 12.7. The summed E-state index contributed by atoms with van der Waals surface area (Å²) in [5, 5.41) is 21.1. The molecule has 0 atom stereocenters. The molecule has 0 saturated heterocycles. The molecule has 0 unspecified atom stereocenters. The number of aromatic nitrogens is 4. The second-order valence-corrected chi connectivity index (χ2v) is 13.8. The highest BCUT2D eigenvalue weighted by atomic mass is 15.0. The van der Waals surface area contributed by atoms with Gasteiger partial charge >= 0.3 is 0 Å². The normalized spacial score (nSPS) is 11.2. The summed E-state index contributed by atoms with van der Waals surface area (Å²) in [6.45, 7) is 0. The van der Waals surface area contributed by atoms with E-state index >= 15 is 0 Å². The number of nitrogens with zero attached hydrogens (tertiary/aromatic N) is 5. The first-order chi connectivity index (χ1) is 27.7. The Labute approximate surface area is 323 Å². The Bertz CT molecular complexity index is 3160. The third-order valence-electron chi connectivity index (χ3n) is 10.5. The van der Waals surface area contributed by atoms with Crippen molar-refractivity contribution in [3.8, 4) is 51.4 Å². The van der Waals surface area contributed by atoms with Crippen molar-refractivity contribution in [2.45, 2.75) is 0 Å². The molecule has 0 fully saturated rings. The predicted molar refractivity (Wildman–Crippen MR) is 229 cm³/mol. The molecule has 0 spiro atoms. The number of benzene rings is 7. The number of fused-ring (bicyclic) bond motifs is 10. The van der Waals surface area contributed by atoms with E-state index in [2.05, 4.69) is 138 Å². The van der Waals surface area contributed by atoms with E-state index in [1.807, 2.05) is 36.4 Å². The van der Waals surface area contributed by atoms with Gasteiger partial charge in [0.05, 0.1) is 11.6 Å². The van der Waals surface area contributed by atoms with E-state index in [0.717, 1.165) is 54.7 Å². The standard InChI is InChI=1S/C51H31N5/c52-32-33-17-19-36(20-18-33)49-54-50(37-23-21-34(22-24-37)35-27-29-53-30-28-35)56-51(55-49)38-25-26-47-45-15-6-5-13-43(45)41-11-2-1-9-39(41)40-10-3-4-12-42(40)44-14-7-8-16-46(44)48(47)31-38/h1-31H. The molecule has 10 rings (SSSR count). The first-order valence-electron chi connectivity index (χ1n) is 18.5. The Morgan fingerprint density at radius 1 is 0.304 bits per heavy atom. The minimum atomic E-state index is 0.531. The second kappa shape index (κ2) is 13.9. The molecule has 5 nitrogen and oxygen atoms in total. The third kappa shape index (κ3) is 5.83. The molecular weight excluding hydrogens is 683 g/mol. The summed E-state index contributed by atoms with van der Waals surface area (Å²) in [7, 11) is 0. The van der Waals surface area contributed by atoms with Crippen LogP contribution < -0.4 is 0 Å². The molecule has 5 heteroatoms. The summed E-state index contributed by atoms with van der Waals surface area (Å²) >= 11 is 0. The fourth-order valence-corrected chi connectivity index (χ4v) is 7.77. The van der Waals surface area contributed by atoms with Crippen LogP contribution in [0.2, 0.25) is 0 Å². The van der Waals surface area contributed by atoms with Gasteiger partial charge in [0, 0.05) is 29.1 Å². The van der Waals surface area contributed by atoms with Crippen LogP contribution >= 0.6 is 0 Å². The zero-order chi connectivity index (χ0) is 37.4. The van der Waals surface area contributed by atoms with E-state index in [0.29, 0.717) is 23.0 Å². The summed E-state index contributed by atoms with van der Waals surface area (Å²) in [4.78, 5) is 19.4. The maximum atomic E-state index is 9.50. The lowest BCUT2D eigenvalue weighted by Gasteiger charge is -2.12. The van der Waals surface area contributed by atoms with Gasteiger partial charge in [-0.25, -0.2) is 15.0 Å². The van der Waals surface area contributed by atoms with Crippen molar-refractivity contribution in [3.63, 3.8) is 0 Å². The van der Waals surface area contributed by atoms with Gasteiger partial charge in [-0.2, -0.15) is 5.26 Å². The summed E-state index contributed by atoms with van der Waals surface area (Å²) in [6.07, 6.45) is 3.59. The van der Waals surface area contributed by atoms with E-state index in [1.165, 1.54) is 26.9 Å². The maximum Gasteiger partial charge on any atom is 0.164 e. The summed E-state index contributed by atoms with van der Waals surface area (Å²) < 4.78 is 0. The van der Waals surface area contributed by atoms with Crippen LogP contribution in [0.3, 0.4) is 0 Å². The van der Waals surface area contributed by atoms with E-state index < -0.39 is 0 Å². The van der Waals surface area contributed by atoms with Gasteiger partial charge in [-0.3, -0.25) is 4.98 Å². The molecule has 10 aromatic rings. The molecular formula is C51H31N5. The molecule has 56 heavy (non-hydrogen) atoms. The monoisotopic (exact) mass is 713 g/mol. The first-order valence-corrected chi connectivity index (χ1v) is 18.5. The number of pyridine rings is 1. The molecule has 0 aliphatic carbocycles. The number of hydrogen-bond donors (Lipinski definition) is 0. The van der Waals surface area contributed by atoms with Crippen molar-refractivity contribution in [1.82, 2.24) is 19.9 Å². The van der Waals surface area contributed by atoms with Crippen molar-refractivity contribution in [1.29, 1.82) is 5.26 Å². The summed E-state index contributed by atoms with van der Waals surface area (Å²) in [6, 6.07) is 63.2. The minimum Gasteiger partial charge on any atom is -0.265 e. The lowest BCUT2D eigenvalue weighted by molar-refractivity contribution is 1.07. The van der Waals surface area contributed by atoms with Crippen LogP contribution in [0.1, 0.15) is 5.56 Å². The van der Waals surface area contributed by atoms with Crippen LogP contribution in [0, 0.1) is 11.3 Å². The zero-order valence-corrected chi connectivity index (χ0v) is 30.1. The molecule has 0 aliphatic rings. The van der Waals surface area contributed by atoms with E-state index in [4.69, 9.17) is 15.0 Å². The van der Waals surface area contributed by atoms with Gasteiger partial charge in [-0.15, -0.1) is 0 Å². The van der Waals surface area contributed by atoms with Gasteiger partial charge in [0.25, 0.3) is 0 Å². The molecule has 2 heterocycles. The third-order valence-corrected chi connectivity index (χ3v) is 10.5. The Balaban J connectivity index is 1.27. The summed E-state index contributed by atoms with van der Waals surface area (Å²) in [5.41, 5.74) is 5.28. The Morgan fingerprint density at radius 2 is 0.625 bits per heavy atom. The quantitative estimate of drug-likeness (QED) is 0.181. The highest BCUT2D eigenvalue weighted by molar-refractivity contribution is 6.26. The lowest BCUT2D eigenvalue weighted by atomic mass is 9.94. The number of nitriles is 1. The van der Waals surface area contributed by atoms with Crippen molar-refractivity contribution < 1.29 is 0 Å². The van der Waals surface area contributed by atoms with Crippen molar-refractivity contribution in [2.75, 3.05) is 0 Å². The first kappa shape index (κ1) is 32.8. The molecule has 0 N–H and O–H groups in total. The van der Waals surface area contributed by atoms with Gasteiger partial charge in [0.2, 0.25) is 0 Å². The Kier molecular flexibility index (Phi) is 8.13. The zero-order valence-electron chi connectivity index (χ0n) is 30.1. The SMILES string of the molecule is N#Cc1ccc(-c2nc(-c3ccc(-c4ccncc4)cc3)nc(-c3ccc4c5ccccc5c5ccccc5c5ccccc5c5ccccc5c4c3)n2)cc1. The van der Waals surface area contributed by atoms with Gasteiger partial charge in [-0.1, -0.05) is 133 Å². The van der Waals surface area contributed by atoms with Crippen LogP contribution in [-0.4, -0.2) is 19.9 Å². The average molecular weight is 714 g/mol. The van der Waals surface area contributed by atoms with E-state index in [1.54, 1.807) is 24.5 Å². The van der Waals surface area contributed by atoms with Crippen LogP contribution in [0.15, 0.2) is 188 Å². The molecule has 0 amide bonds. The molecule has 0 saturated carbocycles. The fourth-order valence-electron chi connectivity index (χ4n) is 7.77. The highest BCUT2D eigenvalue weighted by Gasteiger charge is 2.15. The van der Waals surface area contributed by atoms with Gasteiger partial charge in [0.15, 0.2) is 17.5 Å². The van der Waals surface area contributed by atoms with Gasteiger partial charge < -0.3 is 0 Å². The minimum absolute atomic E-state index is 0.531. The average Bonchev–Trinajstić information content (AvgIpc) is 3.29. The molecule has 0 aliphatic heterocycles. The largest absolute Gasteiger partial charge is 0.265 e. The lowest BCUT2D eigenvalue weighted by Crippen LogP contribution is -2.00. The van der Waals surface area contributed by atoms with Crippen LogP contribution in [-0.2, 0) is 0 Å². The fraction of sp³-hybridized carbons (Fsp3) is 0. The Hall–Kier alpha value is -7.81. The van der Waals surface area contributed by atoms with Crippen molar-refractivity contribution >= 4 is 53.9 Å². The topological polar surface area (TPSA) is 75.3 Å².